The van der Waals surface area contributed by atoms with Gasteiger partial charge in [-0.2, -0.15) is 0 Å². The highest BCUT2D eigenvalue weighted by Crippen LogP contribution is 2.20. The van der Waals surface area contributed by atoms with Gasteiger partial charge in [-0.05, 0) is 31.0 Å². The van der Waals surface area contributed by atoms with Crippen LogP contribution in [-0.4, -0.2) is 22.5 Å². The number of nitrogens with one attached hydrogen (secondary N) is 1. The second-order valence-electron chi connectivity index (χ2n) is 4.95. The molecule has 1 unspecified atom stereocenters. The Kier molecular flexibility index (Phi) is 4.69. The Labute approximate surface area is 126 Å². The smallest absolute Gasteiger partial charge is 0.263 e. The third-order valence-corrected chi connectivity index (χ3v) is 4.11. The molecule has 21 heavy (non-hydrogen) atoms. The average molecular weight is 308 g/mol. The number of carbonyl (C=O) groups is 1. The Balaban J connectivity index is 2.04. The molecular weight excluding hydrogens is 291 g/mol. The fourth-order valence-corrected chi connectivity index (χ4v) is 2.75. The summed E-state index contributed by atoms with van der Waals surface area (Å²) < 4.78 is 12.9. The third-order valence-electron chi connectivity index (χ3n) is 3.24. The minimum atomic E-state index is -1.26. The second-order valence-corrected chi connectivity index (χ2v) is 5.80. The van der Waals surface area contributed by atoms with Crippen LogP contribution in [0.1, 0.15) is 34.8 Å². The molecule has 4 nitrogen and oxygen atoms in total. The molecule has 0 fully saturated rings. The molecule has 0 aliphatic heterocycles. The van der Waals surface area contributed by atoms with Crippen LogP contribution in [0.15, 0.2) is 29.8 Å². The van der Waals surface area contributed by atoms with Gasteiger partial charge in [0.1, 0.15) is 16.3 Å². The number of hydrogen-bond acceptors (Lipinski definition) is 4. The lowest BCUT2D eigenvalue weighted by Crippen LogP contribution is -2.38. The zero-order chi connectivity index (χ0) is 15.5. The summed E-state index contributed by atoms with van der Waals surface area (Å²) in [5.41, 5.74) is 1.66. The Morgan fingerprint density at radius 2 is 2.10 bits per heavy atom. The fraction of sp³-hybridized carbons (Fsp3) is 0.333. The van der Waals surface area contributed by atoms with E-state index >= 15 is 0 Å². The Morgan fingerprint density at radius 3 is 2.71 bits per heavy atom. The SMILES string of the molecule is CCc1ncsc1C(=O)NCC(C)(O)c1ccc(F)cc1. The van der Waals surface area contributed by atoms with Crippen LogP contribution in [0.4, 0.5) is 4.39 Å². The van der Waals surface area contributed by atoms with Gasteiger partial charge in [0.2, 0.25) is 0 Å². The van der Waals surface area contributed by atoms with Gasteiger partial charge >= 0.3 is 0 Å². The van der Waals surface area contributed by atoms with Crippen LogP contribution < -0.4 is 5.32 Å². The number of carbonyl (C=O) groups excluding carboxylic acids is 1. The van der Waals surface area contributed by atoms with E-state index in [1.54, 1.807) is 12.4 Å². The molecule has 1 aromatic heterocycles. The van der Waals surface area contributed by atoms with Crippen molar-refractivity contribution in [1.82, 2.24) is 10.3 Å². The fourth-order valence-electron chi connectivity index (χ4n) is 1.95. The van der Waals surface area contributed by atoms with Crippen LogP contribution in [0.25, 0.3) is 0 Å². The molecular formula is C15H17FN2O2S. The van der Waals surface area contributed by atoms with Crippen molar-refractivity contribution < 1.29 is 14.3 Å². The lowest BCUT2D eigenvalue weighted by molar-refractivity contribution is 0.0526. The predicted molar refractivity (Wildman–Crippen MR) is 79.8 cm³/mol. The van der Waals surface area contributed by atoms with Crippen molar-refractivity contribution >= 4 is 17.2 Å². The number of benzene rings is 1. The zero-order valence-electron chi connectivity index (χ0n) is 11.9. The van der Waals surface area contributed by atoms with Gasteiger partial charge in [0.05, 0.1) is 17.7 Å². The molecule has 0 aliphatic carbocycles. The summed E-state index contributed by atoms with van der Waals surface area (Å²) in [5, 5.41) is 13.1. The maximum absolute atomic E-state index is 12.9. The van der Waals surface area contributed by atoms with Crippen molar-refractivity contribution in [3.8, 4) is 0 Å². The minimum absolute atomic E-state index is 0.0402. The van der Waals surface area contributed by atoms with Crippen LogP contribution >= 0.6 is 11.3 Å². The Hall–Kier alpha value is -1.79. The summed E-state index contributed by atoms with van der Waals surface area (Å²) in [5.74, 6) is -0.618. The number of aliphatic hydroxyl groups is 1. The van der Waals surface area contributed by atoms with Crippen molar-refractivity contribution in [2.24, 2.45) is 0 Å². The minimum Gasteiger partial charge on any atom is -0.384 e. The summed E-state index contributed by atoms with van der Waals surface area (Å²) in [7, 11) is 0. The lowest BCUT2D eigenvalue weighted by Gasteiger charge is -2.24. The second kappa shape index (κ2) is 6.32. The molecule has 0 saturated heterocycles. The Morgan fingerprint density at radius 1 is 1.43 bits per heavy atom. The molecule has 2 rings (SSSR count). The highest BCUT2D eigenvalue weighted by atomic mass is 32.1. The summed E-state index contributed by atoms with van der Waals surface area (Å²) in [6.45, 7) is 3.55. The molecule has 0 saturated carbocycles. The van der Waals surface area contributed by atoms with Crippen molar-refractivity contribution in [1.29, 1.82) is 0 Å². The average Bonchev–Trinajstić information content (AvgIpc) is 2.94. The van der Waals surface area contributed by atoms with Gasteiger partial charge in [0.15, 0.2) is 0 Å². The van der Waals surface area contributed by atoms with E-state index < -0.39 is 5.60 Å². The largest absolute Gasteiger partial charge is 0.384 e. The predicted octanol–water partition coefficient (Wildman–Crippen LogP) is 2.48. The van der Waals surface area contributed by atoms with Gasteiger partial charge < -0.3 is 10.4 Å². The molecule has 1 atom stereocenters. The third kappa shape index (κ3) is 3.65. The van der Waals surface area contributed by atoms with Crippen molar-refractivity contribution in [3.63, 3.8) is 0 Å². The molecule has 2 N–H and O–H groups in total. The normalized spacial score (nSPS) is 13.7. The standard InChI is InChI=1S/C15H17FN2O2S/c1-3-12-13(21-9-18-12)14(19)17-8-15(2,20)10-4-6-11(16)7-5-10/h4-7,9,20H,3,8H2,1-2H3,(H,17,19). The summed E-state index contributed by atoms with van der Waals surface area (Å²) in [4.78, 5) is 16.8. The lowest BCUT2D eigenvalue weighted by atomic mass is 9.96. The van der Waals surface area contributed by atoms with E-state index in [0.717, 1.165) is 5.69 Å². The number of aryl methyl sites for hydroxylation is 1. The molecule has 0 aliphatic rings. The molecule has 1 heterocycles. The summed E-state index contributed by atoms with van der Waals surface area (Å²) >= 11 is 1.28. The number of hydrogen-bond donors (Lipinski definition) is 2. The number of nitrogens with zero attached hydrogens (tertiary/aromatic N) is 1. The van der Waals surface area contributed by atoms with Crippen LogP contribution in [0.2, 0.25) is 0 Å². The molecule has 1 amide bonds. The van der Waals surface area contributed by atoms with E-state index in [1.807, 2.05) is 6.92 Å². The molecule has 0 spiro atoms. The number of aromatic nitrogens is 1. The molecule has 112 valence electrons. The topological polar surface area (TPSA) is 62.2 Å². The van der Waals surface area contributed by atoms with Crippen LogP contribution in [0.5, 0.6) is 0 Å². The van der Waals surface area contributed by atoms with Crippen LogP contribution in [0, 0.1) is 5.82 Å². The molecule has 0 bridgehead atoms. The highest BCUT2D eigenvalue weighted by Gasteiger charge is 2.25. The van der Waals surface area contributed by atoms with Gasteiger partial charge in [-0.15, -0.1) is 11.3 Å². The van der Waals surface area contributed by atoms with Gasteiger partial charge in [-0.25, -0.2) is 9.37 Å². The van der Waals surface area contributed by atoms with E-state index in [1.165, 1.54) is 35.6 Å². The maximum Gasteiger partial charge on any atom is 0.263 e. The first kappa shape index (κ1) is 15.6. The van der Waals surface area contributed by atoms with Crippen molar-refractivity contribution in [3.05, 3.63) is 51.7 Å². The molecule has 1 aromatic carbocycles. The maximum atomic E-state index is 12.9. The van der Waals surface area contributed by atoms with Gasteiger partial charge in [0, 0.05) is 0 Å². The van der Waals surface area contributed by atoms with Crippen molar-refractivity contribution in [2.45, 2.75) is 25.9 Å². The van der Waals surface area contributed by atoms with E-state index in [-0.39, 0.29) is 18.3 Å². The molecule has 2 aromatic rings. The number of halogens is 1. The quantitative estimate of drug-likeness (QED) is 0.892. The van der Waals surface area contributed by atoms with E-state index in [9.17, 15) is 14.3 Å². The Bertz CT molecular complexity index is 623. The van der Waals surface area contributed by atoms with Crippen molar-refractivity contribution in [2.75, 3.05) is 6.54 Å². The first-order valence-corrected chi connectivity index (χ1v) is 7.51. The zero-order valence-corrected chi connectivity index (χ0v) is 12.7. The van der Waals surface area contributed by atoms with Gasteiger partial charge in [-0.1, -0.05) is 19.1 Å². The highest BCUT2D eigenvalue weighted by molar-refractivity contribution is 7.11. The van der Waals surface area contributed by atoms with Gasteiger partial charge in [-0.3, -0.25) is 4.79 Å². The number of rotatable bonds is 5. The summed E-state index contributed by atoms with van der Waals surface area (Å²) in [6.07, 6.45) is 0.681. The van der Waals surface area contributed by atoms with Crippen LogP contribution in [0.3, 0.4) is 0 Å². The van der Waals surface area contributed by atoms with Gasteiger partial charge in [0.25, 0.3) is 5.91 Å². The summed E-state index contributed by atoms with van der Waals surface area (Å²) in [6, 6.07) is 5.57. The van der Waals surface area contributed by atoms with Crippen LogP contribution in [-0.2, 0) is 12.0 Å². The van der Waals surface area contributed by atoms with E-state index in [2.05, 4.69) is 10.3 Å². The number of thiazole rings is 1. The monoisotopic (exact) mass is 308 g/mol. The van der Waals surface area contributed by atoms with E-state index in [0.29, 0.717) is 16.9 Å². The first-order valence-electron chi connectivity index (χ1n) is 6.63. The van der Waals surface area contributed by atoms with E-state index in [4.69, 9.17) is 0 Å². The molecule has 6 heteroatoms. The molecule has 0 radical (unpaired) electrons. The number of amides is 1. The first-order chi connectivity index (χ1) is 9.94.